The van der Waals surface area contributed by atoms with Crippen LogP contribution in [0.4, 0.5) is 0 Å². The Hall–Kier alpha value is -2.46. The first kappa shape index (κ1) is 16.9. The van der Waals surface area contributed by atoms with E-state index >= 15 is 0 Å². The zero-order valence-corrected chi connectivity index (χ0v) is 13.7. The fourth-order valence-electron chi connectivity index (χ4n) is 1.92. The number of halogens is 1. The first-order chi connectivity index (χ1) is 11.2. The molecule has 2 aromatic rings. The lowest BCUT2D eigenvalue weighted by atomic mass is 10.2. The highest BCUT2D eigenvalue weighted by Gasteiger charge is 2.04. The van der Waals surface area contributed by atoms with Crippen molar-refractivity contribution < 1.29 is 19.0 Å². The highest BCUT2D eigenvalue weighted by molar-refractivity contribution is 6.17. The zero-order chi connectivity index (χ0) is 16.7. The van der Waals surface area contributed by atoms with E-state index in [4.69, 9.17) is 25.8 Å². The van der Waals surface area contributed by atoms with Crippen LogP contribution in [0, 0.1) is 0 Å². The molecule has 0 aliphatic rings. The van der Waals surface area contributed by atoms with E-state index in [9.17, 15) is 4.79 Å². The molecule has 0 atom stereocenters. The molecule has 4 nitrogen and oxygen atoms in total. The van der Waals surface area contributed by atoms with Crippen LogP contribution in [0.2, 0.25) is 0 Å². The summed E-state index contributed by atoms with van der Waals surface area (Å²) in [6, 6.07) is 12.4. The molecule has 0 spiro atoms. The molecule has 0 N–H and O–H groups in total. The van der Waals surface area contributed by atoms with Crippen molar-refractivity contribution in [3.63, 3.8) is 0 Å². The Kier molecular flexibility index (Phi) is 6.06. The normalized spacial score (nSPS) is 10.6. The smallest absolute Gasteiger partial charge is 0.336 e. The second kappa shape index (κ2) is 8.25. The van der Waals surface area contributed by atoms with Gasteiger partial charge in [-0.05, 0) is 41.5 Å². The number of esters is 1. The summed E-state index contributed by atoms with van der Waals surface area (Å²) in [4.78, 5) is 11.8. The van der Waals surface area contributed by atoms with Gasteiger partial charge in [0.05, 0.1) is 14.2 Å². The van der Waals surface area contributed by atoms with Gasteiger partial charge in [-0.3, -0.25) is 0 Å². The number of hydrogen-bond acceptors (Lipinski definition) is 4. The summed E-state index contributed by atoms with van der Waals surface area (Å²) in [6.45, 7) is 0. The van der Waals surface area contributed by atoms with Gasteiger partial charge < -0.3 is 14.2 Å². The summed E-state index contributed by atoms with van der Waals surface area (Å²) in [5.41, 5.74) is 1.77. The fraction of sp³-hybridized carbons (Fsp3) is 0.167. The van der Waals surface area contributed by atoms with Crippen molar-refractivity contribution in [2.45, 2.75) is 5.88 Å². The van der Waals surface area contributed by atoms with Crippen molar-refractivity contribution in [3.05, 3.63) is 59.7 Å². The number of carbonyl (C=O) groups is 1. The molecule has 23 heavy (non-hydrogen) atoms. The van der Waals surface area contributed by atoms with Crippen LogP contribution < -0.4 is 14.2 Å². The SMILES string of the molecule is COc1ccc(C=CC(=O)Oc2ccc(CCl)cc2)cc1OC. The first-order valence-electron chi connectivity index (χ1n) is 6.93. The van der Waals surface area contributed by atoms with Crippen LogP contribution in [0.5, 0.6) is 17.2 Å². The Morgan fingerprint density at radius 3 is 2.35 bits per heavy atom. The second-order valence-electron chi connectivity index (χ2n) is 4.65. The predicted octanol–water partition coefficient (Wildman–Crippen LogP) is 4.06. The third kappa shape index (κ3) is 4.76. The molecule has 0 heterocycles. The highest BCUT2D eigenvalue weighted by Crippen LogP contribution is 2.28. The van der Waals surface area contributed by atoms with Gasteiger partial charge in [0.1, 0.15) is 5.75 Å². The van der Waals surface area contributed by atoms with Gasteiger partial charge in [0.2, 0.25) is 0 Å². The van der Waals surface area contributed by atoms with Crippen molar-refractivity contribution in [3.8, 4) is 17.2 Å². The molecular formula is C18H17ClO4. The molecule has 0 fully saturated rings. The minimum atomic E-state index is -0.460. The van der Waals surface area contributed by atoms with Crippen LogP contribution >= 0.6 is 11.6 Å². The van der Waals surface area contributed by atoms with Gasteiger partial charge >= 0.3 is 5.97 Å². The Balaban J connectivity index is 2.02. The predicted molar refractivity (Wildman–Crippen MR) is 90.2 cm³/mol. The van der Waals surface area contributed by atoms with Crippen molar-refractivity contribution >= 4 is 23.6 Å². The van der Waals surface area contributed by atoms with E-state index < -0.39 is 5.97 Å². The molecule has 0 aromatic heterocycles. The van der Waals surface area contributed by atoms with Crippen molar-refractivity contribution in [2.75, 3.05) is 14.2 Å². The lowest BCUT2D eigenvalue weighted by Gasteiger charge is -2.07. The average molecular weight is 333 g/mol. The summed E-state index contributed by atoms with van der Waals surface area (Å²) in [5.74, 6) is 1.67. The maximum Gasteiger partial charge on any atom is 0.336 e. The van der Waals surface area contributed by atoms with Crippen LogP contribution in [0.25, 0.3) is 6.08 Å². The van der Waals surface area contributed by atoms with Crippen LogP contribution in [0.15, 0.2) is 48.5 Å². The number of methoxy groups -OCH3 is 2. The summed E-state index contributed by atoms with van der Waals surface area (Å²) >= 11 is 5.71. The molecule has 2 rings (SSSR count). The maximum atomic E-state index is 11.8. The van der Waals surface area contributed by atoms with Gasteiger partial charge in [-0.15, -0.1) is 11.6 Å². The lowest BCUT2D eigenvalue weighted by Crippen LogP contribution is -2.03. The first-order valence-corrected chi connectivity index (χ1v) is 7.46. The highest BCUT2D eigenvalue weighted by atomic mass is 35.5. The number of rotatable bonds is 6. The fourth-order valence-corrected chi connectivity index (χ4v) is 2.10. The van der Waals surface area contributed by atoms with Crippen LogP contribution in [-0.4, -0.2) is 20.2 Å². The largest absolute Gasteiger partial charge is 0.493 e. The van der Waals surface area contributed by atoms with E-state index in [1.807, 2.05) is 18.2 Å². The Morgan fingerprint density at radius 1 is 1.04 bits per heavy atom. The molecule has 0 radical (unpaired) electrons. The molecule has 0 aliphatic carbocycles. The monoisotopic (exact) mass is 332 g/mol. The third-order valence-corrected chi connectivity index (χ3v) is 3.42. The summed E-state index contributed by atoms with van der Waals surface area (Å²) < 4.78 is 15.6. The molecule has 0 unspecified atom stereocenters. The van der Waals surface area contributed by atoms with Gasteiger partial charge in [0.25, 0.3) is 0 Å². The minimum Gasteiger partial charge on any atom is -0.493 e. The van der Waals surface area contributed by atoms with Crippen LogP contribution in [0.1, 0.15) is 11.1 Å². The molecule has 0 saturated carbocycles. The average Bonchev–Trinajstić information content (AvgIpc) is 2.60. The van der Waals surface area contributed by atoms with Crippen molar-refractivity contribution in [1.29, 1.82) is 0 Å². The van der Waals surface area contributed by atoms with Crippen LogP contribution in [0.3, 0.4) is 0 Å². The Labute approximate surface area is 140 Å². The molecule has 0 saturated heterocycles. The van der Waals surface area contributed by atoms with E-state index in [-0.39, 0.29) is 0 Å². The van der Waals surface area contributed by atoms with E-state index in [0.29, 0.717) is 23.1 Å². The summed E-state index contributed by atoms with van der Waals surface area (Å²) in [7, 11) is 3.13. The molecule has 0 aliphatic heterocycles. The van der Waals surface area contributed by atoms with Gasteiger partial charge in [0.15, 0.2) is 11.5 Å². The minimum absolute atomic E-state index is 0.424. The number of benzene rings is 2. The number of carbonyl (C=O) groups excluding carboxylic acids is 1. The molecule has 2 aromatic carbocycles. The number of hydrogen-bond donors (Lipinski definition) is 0. The zero-order valence-electron chi connectivity index (χ0n) is 12.9. The quantitative estimate of drug-likeness (QED) is 0.346. The molecular weight excluding hydrogens is 316 g/mol. The van der Waals surface area contributed by atoms with E-state index in [1.54, 1.807) is 44.6 Å². The Morgan fingerprint density at radius 2 is 1.74 bits per heavy atom. The van der Waals surface area contributed by atoms with Gasteiger partial charge in [-0.1, -0.05) is 18.2 Å². The van der Waals surface area contributed by atoms with E-state index in [2.05, 4.69) is 0 Å². The molecule has 120 valence electrons. The van der Waals surface area contributed by atoms with Crippen molar-refractivity contribution in [2.24, 2.45) is 0 Å². The Bertz CT molecular complexity index is 693. The van der Waals surface area contributed by atoms with Gasteiger partial charge in [0, 0.05) is 12.0 Å². The van der Waals surface area contributed by atoms with E-state index in [0.717, 1.165) is 11.1 Å². The van der Waals surface area contributed by atoms with Gasteiger partial charge in [-0.25, -0.2) is 4.79 Å². The summed E-state index contributed by atoms with van der Waals surface area (Å²) in [5, 5.41) is 0. The lowest BCUT2D eigenvalue weighted by molar-refractivity contribution is -0.128. The topological polar surface area (TPSA) is 44.8 Å². The molecule has 0 bridgehead atoms. The van der Waals surface area contributed by atoms with Crippen molar-refractivity contribution in [1.82, 2.24) is 0 Å². The molecule has 0 amide bonds. The standard InChI is InChI=1S/C18H17ClO4/c1-21-16-9-5-13(11-17(16)22-2)6-10-18(20)23-15-7-3-14(12-19)4-8-15/h3-11H,12H2,1-2H3. The molecule has 5 heteroatoms. The summed E-state index contributed by atoms with van der Waals surface area (Å²) in [6.07, 6.45) is 3.01. The third-order valence-electron chi connectivity index (χ3n) is 3.12. The van der Waals surface area contributed by atoms with E-state index in [1.165, 1.54) is 6.08 Å². The van der Waals surface area contributed by atoms with Crippen LogP contribution in [-0.2, 0) is 10.7 Å². The number of alkyl halides is 1. The maximum absolute atomic E-state index is 11.8. The van der Waals surface area contributed by atoms with Gasteiger partial charge in [-0.2, -0.15) is 0 Å². The second-order valence-corrected chi connectivity index (χ2v) is 4.91. The number of ether oxygens (including phenoxy) is 3.